The molecular weight excluding hydrogens is 582 g/mol. The first-order valence-corrected chi connectivity index (χ1v) is 15.1. The molecule has 2 saturated carbocycles. The average molecular weight is 615 g/mol. The molecule has 0 saturated heterocycles. The van der Waals surface area contributed by atoms with Crippen LogP contribution in [0.15, 0.2) is 58.4 Å². The zero-order valence-corrected chi connectivity index (χ0v) is 24.9. The first kappa shape index (κ1) is 28.9. The Balaban J connectivity index is 1.04. The summed E-state index contributed by atoms with van der Waals surface area (Å²) in [7, 11) is 2.99. The number of rotatable bonds is 7. The topological polar surface area (TPSA) is 113 Å². The van der Waals surface area contributed by atoms with Crippen molar-refractivity contribution in [2.75, 3.05) is 7.11 Å². The molecule has 0 atom stereocenters. The fraction of sp³-hybridized carbons (Fsp3) is 0.364. The van der Waals surface area contributed by atoms with E-state index in [1.165, 1.54) is 13.3 Å². The van der Waals surface area contributed by atoms with Gasteiger partial charge < -0.3 is 19.2 Å². The highest BCUT2D eigenvalue weighted by Gasteiger charge is 2.31. The molecule has 3 aromatic heterocycles. The number of fused-ring (bicyclic) bond motifs is 2. The molecule has 0 aliphatic heterocycles. The third kappa shape index (κ3) is 5.17. The van der Waals surface area contributed by atoms with Gasteiger partial charge in [0.2, 0.25) is 11.2 Å². The number of methoxy groups -OCH3 is 1. The van der Waals surface area contributed by atoms with Gasteiger partial charge in [0.25, 0.3) is 11.5 Å². The minimum Gasteiger partial charge on any atom is -0.491 e. The van der Waals surface area contributed by atoms with Gasteiger partial charge in [-0.1, -0.05) is 23.4 Å². The Hall–Kier alpha value is -4.87. The van der Waals surface area contributed by atoms with E-state index in [2.05, 4.69) is 15.6 Å². The monoisotopic (exact) mass is 614 g/mol. The number of carbonyl (C=O) groups is 1. The largest absolute Gasteiger partial charge is 0.491 e. The Morgan fingerprint density at radius 3 is 2.53 bits per heavy atom. The number of hydrogen-bond donors (Lipinski definition) is 1. The van der Waals surface area contributed by atoms with Gasteiger partial charge in [0.1, 0.15) is 5.56 Å². The second-order valence-electron chi connectivity index (χ2n) is 12.1. The summed E-state index contributed by atoms with van der Waals surface area (Å²) < 4.78 is 39.0. The molecule has 2 aliphatic rings. The molecule has 1 amide bonds. The number of aryl methyl sites for hydroxylation is 1. The summed E-state index contributed by atoms with van der Waals surface area (Å²) in [4.78, 5) is 39.6. The Kier molecular flexibility index (Phi) is 7.22. The molecule has 0 bridgehead atoms. The van der Waals surface area contributed by atoms with Crippen molar-refractivity contribution in [3.63, 3.8) is 0 Å². The molecule has 0 radical (unpaired) electrons. The molecule has 7 rings (SSSR count). The predicted octanol–water partition coefficient (Wildman–Crippen LogP) is 4.57. The van der Waals surface area contributed by atoms with Gasteiger partial charge in [-0.3, -0.25) is 14.4 Å². The van der Waals surface area contributed by atoms with Gasteiger partial charge in [-0.2, -0.15) is 4.39 Å². The maximum atomic E-state index is 14.5. The average Bonchev–Trinajstić information content (AvgIpc) is 3.78. The minimum atomic E-state index is -1.20. The van der Waals surface area contributed by atoms with Crippen LogP contribution in [0.4, 0.5) is 8.78 Å². The van der Waals surface area contributed by atoms with Crippen LogP contribution in [0, 0.1) is 11.6 Å². The smallest absolute Gasteiger partial charge is 0.256 e. The molecule has 2 fully saturated rings. The van der Waals surface area contributed by atoms with Gasteiger partial charge in [0, 0.05) is 43.0 Å². The van der Waals surface area contributed by atoms with Crippen molar-refractivity contribution in [3.05, 3.63) is 97.8 Å². The highest BCUT2D eigenvalue weighted by molar-refractivity contribution is 5.98. The quantitative estimate of drug-likeness (QED) is 0.288. The number of carbonyl (C=O) groups excluding carboxylic acids is 1. The van der Waals surface area contributed by atoms with E-state index >= 15 is 0 Å². The van der Waals surface area contributed by atoms with E-state index in [0.29, 0.717) is 24.9 Å². The lowest BCUT2D eigenvalue weighted by Gasteiger charge is -2.28. The second kappa shape index (κ2) is 11.2. The standard InChI is InChI=1S/C33H32F2N6O4/c1-39-27-6-4-3-5-19(27)13-20(33(39)44)15-40-17-26(37-38-40)18-7-9-21(10-8-18)36-32(43)24-16-41(22-11-12-22)29-23(30(24)42)14-25(34)28(35)31(29)45-2/h3-6,13-14,16-18,21-22H,7-12,15H2,1-2H3,(H,36,43). The number of pyridine rings is 2. The molecule has 10 nitrogen and oxygen atoms in total. The third-order valence-corrected chi connectivity index (χ3v) is 9.13. The second-order valence-corrected chi connectivity index (χ2v) is 12.1. The van der Waals surface area contributed by atoms with Crippen LogP contribution in [0.25, 0.3) is 21.8 Å². The number of nitrogens with zero attached hydrogens (tertiary/aromatic N) is 5. The maximum absolute atomic E-state index is 14.5. The summed E-state index contributed by atoms with van der Waals surface area (Å²) in [6.45, 7) is 0.308. The van der Waals surface area contributed by atoms with Crippen LogP contribution in [-0.4, -0.2) is 43.2 Å². The number of halogens is 2. The molecule has 1 N–H and O–H groups in total. The number of ether oxygens (including phenoxy) is 1. The van der Waals surface area contributed by atoms with Gasteiger partial charge in [0.15, 0.2) is 11.6 Å². The Morgan fingerprint density at radius 2 is 1.80 bits per heavy atom. The van der Waals surface area contributed by atoms with Crippen LogP contribution < -0.4 is 21.0 Å². The van der Waals surface area contributed by atoms with E-state index in [9.17, 15) is 23.2 Å². The first-order chi connectivity index (χ1) is 21.7. The molecule has 0 spiro atoms. The van der Waals surface area contributed by atoms with E-state index in [1.54, 1.807) is 20.9 Å². The van der Waals surface area contributed by atoms with Crippen molar-refractivity contribution in [1.29, 1.82) is 0 Å². The lowest BCUT2D eigenvalue weighted by Crippen LogP contribution is -2.39. The van der Waals surface area contributed by atoms with E-state index in [-0.39, 0.29) is 45.8 Å². The van der Waals surface area contributed by atoms with Gasteiger partial charge in [-0.15, -0.1) is 5.10 Å². The fourth-order valence-corrected chi connectivity index (χ4v) is 6.57. The van der Waals surface area contributed by atoms with Crippen LogP contribution in [0.1, 0.15) is 72.1 Å². The van der Waals surface area contributed by atoms with Crippen LogP contribution >= 0.6 is 0 Å². The van der Waals surface area contributed by atoms with Crippen molar-refractivity contribution < 1.29 is 18.3 Å². The maximum Gasteiger partial charge on any atom is 0.256 e. The number of benzene rings is 2. The van der Waals surface area contributed by atoms with E-state index in [1.807, 2.05) is 36.5 Å². The zero-order valence-electron chi connectivity index (χ0n) is 24.9. The SMILES string of the molecule is COc1c(F)c(F)cc2c(=O)c(C(=O)NC3CCC(c4cn(Cc5cc6ccccc6n(C)c5=O)nn4)CC3)cn(C3CC3)c12. The van der Waals surface area contributed by atoms with E-state index in [4.69, 9.17) is 4.74 Å². The minimum absolute atomic E-state index is 0.0217. The van der Waals surface area contributed by atoms with E-state index in [0.717, 1.165) is 48.3 Å². The van der Waals surface area contributed by atoms with Gasteiger partial charge >= 0.3 is 0 Å². The molecule has 2 aliphatic carbocycles. The van der Waals surface area contributed by atoms with Crippen LogP contribution in [-0.2, 0) is 13.6 Å². The highest BCUT2D eigenvalue weighted by atomic mass is 19.2. The summed E-state index contributed by atoms with van der Waals surface area (Å²) in [6.07, 6.45) is 7.79. The first-order valence-electron chi connectivity index (χ1n) is 15.1. The summed E-state index contributed by atoms with van der Waals surface area (Å²) in [5.41, 5.74) is 1.65. The van der Waals surface area contributed by atoms with Crippen molar-refractivity contribution in [2.45, 2.75) is 63.1 Å². The molecule has 2 aromatic carbocycles. The number of nitrogens with one attached hydrogen (secondary N) is 1. The molecule has 3 heterocycles. The normalized spacial score (nSPS) is 18.4. The summed E-state index contributed by atoms with van der Waals surface area (Å²) in [5, 5.41) is 12.6. The number of aromatic nitrogens is 5. The predicted molar refractivity (Wildman–Crippen MR) is 164 cm³/mol. The van der Waals surface area contributed by atoms with Gasteiger partial charge in [-0.25, -0.2) is 9.07 Å². The zero-order chi connectivity index (χ0) is 31.4. The summed E-state index contributed by atoms with van der Waals surface area (Å²) in [5.74, 6) is -3.09. The fourth-order valence-electron chi connectivity index (χ4n) is 6.57. The number of para-hydroxylation sites is 1. The van der Waals surface area contributed by atoms with Crippen LogP contribution in [0.2, 0.25) is 0 Å². The molecule has 5 aromatic rings. The van der Waals surface area contributed by atoms with Crippen molar-refractivity contribution in [3.8, 4) is 5.75 Å². The lowest BCUT2D eigenvalue weighted by molar-refractivity contribution is 0.0924. The molecular formula is C33H32F2N6O4. The lowest BCUT2D eigenvalue weighted by atomic mass is 9.84. The van der Waals surface area contributed by atoms with Gasteiger partial charge in [-0.05, 0) is 62.1 Å². The third-order valence-electron chi connectivity index (χ3n) is 9.13. The van der Waals surface area contributed by atoms with Gasteiger partial charge in [0.05, 0.1) is 35.8 Å². The Bertz CT molecular complexity index is 2090. The Labute approximate surface area is 256 Å². The number of hydrogen-bond acceptors (Lipinski definition) is 6. The molecule has 0 unspecified atom stereocenters. The highest BCUT2D eigenvalue weighted by Crippen LogP contribution is 2.40. The molecule has 45 heavy (non-hydrogen) atoms. The number of amides is 1. The molecule has 232 valence electrons. The van der Waals surface area contributed by atoms with Crippen LogP contribution in [0.3, 0.4) is 0 Å². The van der Waals surface area contributed by atoms with E-state index < -0.39 is 23.0 Å². The summed E-state index contributed by atoms with van der Waals surface area (Å²) >= 11 is 0. The van der Waals surface area contributed by atoms with Crippen molar-refractivity contribution in [1.82, 2.24) is 29.4 Å². The summed E-state index contributed by atoms with van der Waals surface area (Å²) in [6, 6.07) is 10.3. The Morgan fingerprint density at radius 1 is 1.04 bits per heavy atom. The van der Waals surface area contributed by atoms with Crippen molar-refractivity contribution in [2.24, 2.45) is 7.05 Å². The van der Waals surface area contributed by atoms with Crippen LogP contribution in [0.5, 0.6) is 5.75 Å². The molecule has 12 heteroatoms. The van der Waals surface area contributed by atoms with Crippen molar-refractivity contribution >= 4 is 27.7 Å².